The van der Waals surface area contributed by atoms with Crippen LogP contribution in [-0.2, 0) is 22.5 Å². The van der Waals surface area contributed by atoms with Gasteiger partial charge >= 0.3 is 5.97 Å². The number of carbonyl (C=O) groups is 1. The van der Waals surface area contributed by atoms with Gasteiger partial charge in [0.1, 0.15) is 0 Å². The van der Waals surface area contributed by atoms with Crippen molar-refractivity contribution in [2.75, 3.05) is 6.61 Å². The predicted octanol–water partition coefficient (Wildman–Crippen LogP) is 2.65. The number of nitrogens with zero attached hydrogens (tertiary/aromatic N) is 2. The van der Waals surface area contributed by atoms with Crippen molar-refractivity contribution >= 4 is 5.97 Å². The second-order valence-corrected chi connectivity index (χ2v) is 5.03. The van der Waals surface area contributed by atoms with Crippen molar-refractivity contribution in [3.05, 3.63) is 17.0 Å². The molecule has 0 aromatic carbocycles. The third kappa shape index (κ3) is 3.86. The minimum Gasteiger partial charge on any atom is -0.466 e. The molecule has 1 aromatic heterocycles. The van der Waals surface area contributed by atoms with E-state index in [-0.39, 0.29) is 5.97 Å². The number of ether oxygens (including phenoxy) is 1. The highest BCUT2D eigenvalue weighted by molar-refractivity contribution is 5.69. The number of hydrogen-bond donors (Lipinski definition) is 0. The first-order valence-electron chi connectivity index (χ1n) is 6.64. The topological polar surface area (TPSA) is 44.1 Å². The number of rotatable bonds is 6. The van der Waals surface area contributed by atoms with Crippen molar-refractivity contribution in [1.82, 2.24) is 9.78 Å². The number of carbonyl (C=O) groups excluding carboxylic acids is 1. The SMILES string of the molecule is CCOC(=O)CCc1c(C)nn(CC(C)C)c1C. The largest absolute Gasteiger partial charge is 0.466 e. The van der Waals surface area contributed by atoms with Crippen LogP contribution in [0.3, 0.4) is 0 Å². The van der Waals surface area contributed by atoms with E-state index < -0.39 is 0 Å². The summed E-state index contributed by atoms with van der Waals surface area (Å²) in [4.78, 5) is 11.4. The van der Waals surface area contributed by atoms with Crippen molar-refractivity contribution in [2.45, 2.75) is 54.0 Å². The molecule has 18 heavy (non-hydrogen) atoms. The number of aromatic nitrogens is 2. The minimum absolute atomic E-state index is 0.132. The Morgan fingerprint density at radius 2 is 2.06 bits per heavy atom. The Hall–Kier alpha value is -1.32. The van der Waals surface area contributed by atoms with Gasteiger partial charge in [0.2, 0.25) is 0 Å². The zero-order valence-corrected chi connectivity index (χ0v) is 12.1. The second-order valence-electron chi connectivity index (χ2n) is 5.03. The van der Waals surface area contributed by atoms with Crippen LogP contribution in [0.25, 0.3) is 0 Å². The molecule has 1 rings (SSSR count). The summed E-state index contributed by atoms with van der Waals surface area (Å²) in [5, 5.41) is 4.54. The highest BCUT2D eigenvalue weighted by Crippen LogP contribution is 2.16. The number of hydrogen-bond acceptors (Lipinski definition) is 3. The lowest BCUT2D eigenvalue weighted by Gasteiger charge is -2.08. The highest BCUT2D eigenvalue weighted by Gasteiger charge is 2.13. The summed E-state index contributed by atoms with van der Waals surface area (Å²) in [6.07, 6.45) is 1.15. The summed E-state index contributed by atoms with van der Waals surface area (Å²) in [7, 11) is 0. The molecule has 0 aliphatic rings. The molecule has 0 aliphatic heterocycles. The molecule has 102 valence electrons. The standard InChI is InChI=1S/C14H24N2O2/c1-6-18-14(17)8-7-13-11(4)15-16(12(13)5)9-10(2)3/h10H,6-9H2,1-5H3. The van der Waals surface area contributed by atoms with Crippen LogP contribution in [0.5, 0.6) is 0 Å². The molecule has 1 aromatic rings. The molecule has 4 nitrogen and oxygen atoms in total. The van der Waals surface area contributed by atoms with Gasteiger partial charge < -0.3 is 4.74 Å². The van der Waals surface area contributed by atoms with Crippen molar-refractivity contribution in [2.24, 2.45) is 5.92 Å². The van der Waals surface area contributed by atoms with E-state index >= 15 is 0 Å². The van der Waals surface area contributed by atoms with Crippen molar-refractivity contribution in [3.8, 4) is 0 Å². The van der Waals surface area contributed by atoms with Gasteiger partial charge in [-0.3, -0.25) is 9.48 Å². The van der Waals surface area contributed by atoms with Gasteiger partial charge in [-0.1, -0.05) is 13.8 Å². The number of esters is 1. The molecule has 0 amide bonds. The van der Waals surface area contributed by atoms with Gasteiger partial charge in [0.05, 0.1) is 12.3 Å². The Labute approximate surface area is 109 Å². The first kappa shape index (κ1) is 14.7. The van der Waals surface area contributed by atoms with Gasteiger partial charge in [-0.2, -0.15) is 5.10 Å². The highest BCUT2D eigenvalue weighted by atomic mass is 16.5. The molecule has 0 unspecified atom stereocenters. The Morgan fingerprint density at radius 3 is 2.61 bits per heavy atom. The summed E-state index contributed by atoms with van der Waals surface area (Å²) < 4.78 is 6.99. The maximum atomic E-state index is 11.4. The molecular formula is C14H24N2O2. The van der Waals surface area contributed by atoms with Gasteiger partial charge in [-0.15, -0.1) is 0 Å². The molecule has 1 heterocycles. The Kier molecular flexibility index (Phi) is 5.38. The van der Waals surface area contributed by atoms with E-state index in [9.17, 15) is 4.79 Å². The maximum absolute atomic E-state index is 11.4. The first-order valence-corrected chi connectivity index (χ1v) is 6.64. The third-order valence-corrected chi connectivity index (χ3v) is 2.95. The molecule has 0 radical (unpaired) electrons. The Bertz CT molecular complexity index is 408. The van der Waals surface area contributed by atoms with Crippen LogP contribution >= 0.6 is 0 Å². The van der Waals surface area contributed by atoms with E-state index in [0.29, 0.717) is 25.4 Å². The van der Waals surface area contributed by atoms with Crippen molar-refractivity contribution in [1.29, 1.82) is 0 Å². The average molecular weight is 252 g/mol. The fraction of sp³-hybridized carbons (Fsp3) is 0.714. The number of aryl methyl sites for hydroxylation is 1. The molecule has 4 heteroatoms. The van der Waals surface area contributed by atoms with Crippen molar-refractivity contribution < 1.29 is 9.53 Å². The zero-order valence-electron chi connectivity index (χ0n) is 12.1. The first-order chi connectivity index (χ1) is 8.45. The molecule has 0 atom stereocenters. The monoisotopic (exact) mass is 252 g/mol. The van der Waals surface area contributed by atoms with Gasteiger partial charge in [0.25, 0.3) is 0 Å². The molecule has 0 bridgehead atoms. The molecular weight excluding hydrogens is 228 g/mol. The minimum atomic E-state index is -0.132. The van der Waals surface area contributed by atoms with Crippen molar-refractivity contribution in [3.63, 3.8) is 0 Å². The Balaban J connectivity index is 2.71. The van der Waals surface area contributed by atoms with Crippen LogP contribution in [0.4, 0.5) is 0 Å². The summed E-state index contributed by atoms with van der Waals surface area (Å²) in [5.41, 5.74) is 3.38. The normalized spacial score (nSPS) is 11.0. The van der Waals surface area contributed by atoms with E-state index in [1.54, 1.807) is 0 Å². The lowest BCUT2D eigenvalue weighted by Crippen LogP contribution is -2.09. The van der Waals surface area contributed by atoms with Gasteiger partial charge in [0.15, 0.2) is 0 Å². The van der Waals surface area contributed by atoms with Crippen LogP contribution in [-0.4, -0.2) is 22.4 Å². The molecule has 0 spiro atoms. The smallest absolute Gasteiger partial charge is 0.306 e. The average Bonchev–Trinajstić information content (AvgIpc) is 2.52. The Morgan fingerprint density at radius 1 is 1.39 bits per heavy atom. The van der Waals surface area contributed by atoms with E-state index in [1.165, 1.54) is 11.3 Å². The lowest BCUT2D eigenvalue weighted by atomic mass is 10.1. The van der Waals surface area contributed by atoms with Gasteiger partial charge in [-0.05, 0) is 38.7 Å². The zero-order chi connectivity index (χ0) is 13.7. The third-order valence-electron chi connectivity index (χ3n) is 2.95. The summed E-state index contributed by atoms with van der Waals surface area (Å²) in [6.45, 7) is 11.6. The fourth-order valence-electron chi connectivity index (χ4n) is 2.08. The van der Waals surface area contributed by atoms with Crippen LogP contribution in [0, 0.1) is 19.8 Å². The molecule has 0 fully saturated rings. The summed E-state index contributed by atoms with van der Waals surface area (Å²) >= 11 is 0. The summed E-state index contributed by atoms with van der Waals surface area (Å²) in [6, 6.07) is 0. The maximum Gasteiger partial charge on any atom is 0.306 e. The van der Waals surface area contributed by atoms with E-state index in [0.717, 1.165) is 12.2 Å². The van der Waals surface area contributed by atoms with Crippen LogP contribution in [0.1, 0.15) is 44.1 Å². The molecule has 0 saturated heterocycles. The molecule has 0 aliphatic carbocycles. The van der Waals surface area contributed by atoms with E-state index in [2.05, 4.69) is 25.9 Å². The van der Waals surface area contributed by atoms with Crippen LogP contribution in [0.2, 0.25) is 0 Å². The summed E-state index contributed by atoms with van der Waals surface area (Å²) in [5.74, 6) is 0.439. The fourth-order valence-corrected chi connectivity index (χ4v) is 2.08. The molecule has 0 N–H and O–H groups in total. The lowest BCUT2D eigenvalue weighted by molar-refractivity contribution is -0.143. The quantitative estimate of drug-likeness (QED) is 0.731. The van der Waals surface area contributed by atoms with E-state index in [1.807, 2.05) is 18.5 Å². The second kappa shape index (κ2) is 6.57. The van der Waals surface area contributed by atoms with Gasteiger partial charge in [0, 0.05) is 18.7 Å². The predicted molar refractivity (Wildman–Crippen MR) is 71.5 cm³/mol. The van der Waals surface area contributed by atoms with Crippen LogP contribution < -0.4 is 0 Å². The van der Waals surface area contributed by atoms with Crippen LogP contribution in [0.15, 0.2) is 0 Å². The van der Waals surface area contributed by atoms with E-state index in [4.69, 9.17) is 4.74 Å². The molecule has 0 saturated carbocycles. The van der Waals surface area contributed by atoms with Gasteiger partial charge in [-0.25, -0.2) is 0 Å².